The van der Waals surface area contributed by atoms with Crippen molar-refractivity contribution in [2.45, 2.75) is 44.3 Å². The van der Waals surface area contributed by atoms with Gasteiger partial charge in [0.25, 0.3) is 0 Å². The van der Waals surface area contributed by atoms with Crippen molar-refractivity contribution in [2.24, 2.45) is 0 Å². The SMILES string of the molecule is O=C(O)CCc1cn(C[C@@H]2CC[C@@H]3CN2C(=O)[N-]3)nn1.O=S(=O)([O-])O.[Na+]. The molecule has 0 saturated carbocycles. The number of amides is 2. The topological polar surface area (TPSA) is 180 Å². The van der Waals surface area contributed by atoms with Gasteiger partial charge in [-0.25, -0.2) is 8.42 Å². The zero-order valence-electron chi connectivity index (χ0n) is 14.1. The maximum absolute atomic E-state index is 11.7. The third-order valence-corrected chi connectivity index (χ3v) is 3.80. The first-order valence-electron chi connectivity index (χ1n) is 7.42. The summed E-state index contributed by atoms with van der Waals surface area (Å²) in [6, 6.07) is 0.156. The summed E-state index contributed by atoms with van der Waals surface area (Å²) in [5.41, 5.74) is 0.665. The second-order valence-corrected chi connectivity index (χ2v) is 6.56. The summed E-state index contributed by atoms with van der Waals surface area (Å²) in [7, 11) is -4.92. The van der Waals surface area contributed by atoms with E-state index in [1.807, 2.05) is 0 Å². The number of hydrogen-bond donors (Lipinski definition) is 2. The number of nitrogens with zero attached hydrogens (tertiary/aromatic N) is 5. The fraction of sp³-hybridized carbons (Fsp3) is 0.667. The van der Waals surface area contributed by atoms with Crippen molar-refractivity contribution in [3.8, 4) is 0 Å². The Morgan fingerprint density at radius 3 is 2.69 bits per heavy atom. The first kappa shape index (κ1) is 22.8. The van der Waals surface area contributed by atoms with Crippen LogP contribution in [0.25, 0.3) is 5.32 Å². The summed E-state index contributed by atoms with van der Waals surface area (Å²) in [4.78, 5) is 24.0. The number of hydrogen-bond acceptors (Lipinski definition) is 7. The van der Waals surface area contributed by atoms with Crippen LogP contribution >= 0.6 is 0 Å². The number of carbonyl (C=O) groups excluding carboxylic acids is 1. The van der Waals surface area contributed by atoms with Crippen molar-refractivity contribution >= 4 is 22.4 Å². The van der Waals surface area contributed by atoms with Crippen molar-refractivity contribution < 1.29 is 61.8 Å². The summed E-state index contributed by atoms with van der Waals surface area (Å²) in [6.07, 6.45) is 4.04. The molecule has 1 aromatic rings. The molecular weight excluding hydrogens is 381 g/mol. The molecule has 0 unspecified atom stereocenters. The molecule has 140 valence electrons. The average molecular weight is 398 g/mol. The number of aromatic nitrogens is 3. The number of aryl methyl sites for hydroxylation is 1. The normalized spacial score (nSPS) is 21.3. The minimum absolute atomic E-state index is 0. The molecular formula is C12H17N5NaO7S-. The minimum atomic E-state index is -4.92. The van der Waals surface area contributed by atoms with E-state index >= 15 is 0 Å². The largest absolute Gasteiger partial charge is 1.00 e. The Balaban J connectivity index is 0.000000501. The molecule has 2 fully saturated rings. The standard InChI is InChI=1S/C12H17N5O3.Na.H2O4S/c18-11(19)4-2-9-5-16(15-14-9)7-10-3-1-8-6-17(10)12(20)13-8;;1-5(2,3)4/h5,8,10H,1-4,6-7H2,(H2,13,18,19,20);;(H2,1,2,3,4)/q;+1;/p-2/t8-,10+;;/m1../s1. The van der Waals surface area contributed by atoms with Gasteiger partial charge in [0.15, 0.2) is 6.03 Å². The van der Waals surface area contributed by atoms with Gasteiger partial charge in [-0.15, -0.1) is 5.10 Å². The molecule has 14 heteroatoms. The Morgan fingerprint density at radius 1 is 1.42 bits per heavy atom. The van der Waals surface area contributed by atoms with Gasteiger partial charge in [0.2, 0.25) is 10.4 Å². The van der Waals surface area contributed by atoms with Crippen LogP contribution in [-0.2, 0) is 28.2 Å². The third-order valence-electron chi connectivity index (χ3n) is 3.80. The number of carboxylic acid groups (broad SMARTS) is 1. The van der Waals surface area contributed by atoms with Crippen LogP contribution in [0.5, 0.6) is 0 Å². The van der Waals surface area contributed by atoms with Crippen LogP contribution in [0.2, 0.25) is 0 Å². The van der Waals surface area contributed by atoms with Gasteiger partial charge in [-0.3, -0.25) is 18.8 Å². The number of aliphatic carboxylic acids is 1. The van der Waals surface area contributed by atoms with E-state index < -0.39 is 16.4 Å². The van der Waals surface area contributed by atoms with Crippen molar-refractivity contribution in [1.29, 1.82) is 0 Å². The molecule has 0 aliphatic carbocycles. The molecule has 2 atom stereocenters. The van der Waals surface area contributed by atoms with E-state index in [1.165, 1.54) is 0 Å². The number of carboxylic acids is 1. The van der Waals surface area contributed by atoms with Crippen LogP contribution in [0.3, 0.4) is 0 Å². The van der Waals surface area contributed by atoms with E-state index in [2.05, 4.69) is 15.6 Å². The molecule has 0 radical (unpaired) electrons. The monoisotopic (exact) mass is 398 g/mol. The Labute approximate surface area is 171 Å². The van der Waals surface area contributed by atoms with Gasteiger partial charge in [0.05, 0.1) is 12.1 Å². The van der Waals surface area contributed by atoms with Crippen LogP contribution in [-0.4, -0.2) is 73.2 Å². The van der Waals surface area contributed by atoms with Crippen LogP contribution < -0.4 is 29.6 Å². The van der Waals surface area contributed by atoms with Crippen LogP contribution in [0.15, 0.2) is 6.20 Å². The van der Waals surface area contributed by atoms with Crippen LogP contribution in [0.1, 0.15) is 25.0 Å². The zero-order chi connectivity index (χ0) is 18.6. The first-order valence-corrected chi connectivity index (χ1v) is 8.79. The minimum Gasteiger partial charge on any atom is -0.726 e. The zero-order valence-corrected chi connectivity index (χ0v) is 16.9. The van der Waals surface area contributed by atoms with E-state index in [-0.39, 0.29) is 54.1 Å². The molecule has 2 aliphatic heterocycles. The predicted molar refractivity (Wildman–Crippen MR) is 80.6 cm³/mol. The molecule has 2 N–H and O–H groups in total. The van der Waals surface area contributed by atoms with Crippen LogP contribution in [0.4, 0.5) is 4.79 Å². The number of urea groups is 1. The summed E-state index contributed by atoms with van der Waals surface area (Å²) in [6.45, 7) is 1.30. The van der Waals surface area contributed by atoms with Crippen molar-refractivity contribution in [2.75, 3.05) is 6.54 Å². The molecule has 2 aliphatic rings. The molecule has 0 spiro atoms. The van der Waals surface area contributed by atoms with E-state index in [0.717, 1.165) is 12.8 Å². The predicted octanol–water partition coefficient (Wildman–Crippen LogP) is -3.36. The fourth-order valence-electron chi connectivity index (χ4n) is 2.76. The quantitative estimate of drug-likeness (QED) is 0.291. The van der Waals surface area contributed by atoms with Crippen LogP contribution in [0, 0.1) is 0 Å². The van der Waals surface area contributed by atoms with Crippen molar-refractivity contribution in [3.05, 3.63) is 17.2 Å². The summed E-state index contributed by atoms with van der Waals surface area (Å²) in [5, 5.41) is 20.7. The Hall–Kier alpha value is -1.25. The average Bonchev–Trinajstić information content (AvgIpc) is 3.03. The Kier molecular flexibility index (Phi) is 8.43. The van der Waals surface area contributed by atoms with Crippen molar-refractivity contribution in [3.63, 3.8) is 0 Å². The molecule has 2 bridgehead atoms. The summed E-state index contributed by atoms with van der Waals surface area (Å²) >= 11 is 0. The van der Waals surface area contributed by atoms with Gasteiger partial charge >= 0.3 is 35.5 Å². The Bertz CT molecular complexity index is 732. The third kappa shape index (κ3) is 7.55. The molecule has 2 saturated heterocycles. The van der Waals surface area contributed by atoms with E-state index in [1.54, 1.807) is 15.8 Å². The maximum atomic E-state index is 11.7. The second kappa shape index (κ2) is 9.62. The van der Waals surface area contributed by atoms with Crippen molar-refractivity contribution in [1.82, 2.24) is 19.9 Å². The van der Waals surface area contributed by atoms with Gasteiger partial charge in [0, 0.05) is 19.2 Å². The second-order valence-electron chi connectivity index (χ2n) is 5.70. The van der Waals surface area contributed by atoms with Gasteiger partial charge in [-0.05, 0) is 25.0 Å². The molecule has 0 aromatic carbocycles. The van der Waals surface area contributed by atoms with E-state index in [4.69, 9.17) is 22.6 Å². The number of piperidine rings is 1. The molecule has 26 heavy (non-hydrogen) atoms. The molecule has 1 aromatic heterocycles. The van der Waals surface area contributed by atoms with Gasteiger partial charge in [-0.1, -0.05) is 11.6 Å². The molecule has 3 rings (SSSR count). The number of rotatable bonds is 5. The smallest absolute Gasteiger partial charge is 0.726 e. The summed E-state index contributed by atoms with van der Waals surface area (Å²) < 4.78 is 34.5. The molecule has 3 heterocycles. The summed E-state index contributed by atoms with van der Waals surface area (Å²) in [5.74, 6) is -0.845. The maximum Gasteiger partial charge on any atom is 1.00 e. The number of carbonyl (C=O) groups is 2. The molecule has 2 amide bonds. The van der Waals surface area contributed by atoms with Gasteiger partial charge in [-0.2, -0.15) is 0 Å². The Morgan fingerprint density at radius 2 is 2.08 bits per heavy atom. The van der Waals surface area contributed by atoms with Gasteiger partial charge in [0.1, 0.15) is 0 Å². The first-order chi connectivity index (χ1) is 11.6. The molecule has 12 nitrogen and oxygen atoms in total. The fourth-order valence-corrected chi connectivity index (χ4v) is 2.76. The number of fused-ring (bicyclic) bond motifs is 2. The van der Waals surface area contributed by atoms with E-state index in [0.29, 0.717) is 25.2 Å². The van der Waals surface area contributed by atoms with E-state index in [9.17, 15) is 9.59 Å². The van der Waals surface area contributed by atoms with Gasteiger partial charge < -0.3 is 19.9 Å².